The fourth-order valence-corrected chi connectivity index (χ4v) is 3.68. The number of halogens is 1. The first-order chi connectivity index (χ1) is 9.79. The molecule has 112 valence electrons. The van der Waals surface area contributed by atoms with Gasteiger partial charge in [0, 0.05) is 17.2 Å². The summed E-state index contributed by atoms with van der Waals surface area (Å²) in [6.07, 6.45) is -0.000324. The molecule has 21 heavy (non-hydrogen) atoms. The van der Waals surface area contributed by atoms with E-state index in [1.807, 2.05) is 11.8 Å². The van der Waals surface area contributed by atoms with E-state index in [0.29, 0.717) is 13.2 Å². The highest BCUT2D eigenvalue weighted by atomic mass is 35.5. The van der Waals surface area contributed by atoms with Crippen molar-refractivity contribution in [3.63, 3.8) is 0 Å². The average Bonchev–Trinajstić information content (AvgIpc) is 2.62. The van der Waals surface area contributed by atoms with Gasteiger partial charge in [0.2, 0.25) is 0 Å². The van der Waals surface area contributed by atoms with Crippen molar-refractivity contribution in [3.05, 3.63) is 64.7 Å². The van der Waals surface area contributed by atoms with Crippen LogP contribution >= 0.6 is 24.2 Å². The molecule has 2 N–H and O–H groups in total. The van der Waals surface area contributed by atoms with Crippen molar-refractivity contribution in [1.29, 1.82) is 0 Å². The lowest BCUT2D eigenvalue weighted by Gasteiger charge is -2.20. The van der Waals surface area contributed by atoms with E-state index in [1.54, 1.807) is 0 Å². The summed E-state index contributed by atoms with van der Waals surface area (Å²) in [4.78, 5) is 1.31. The fraction of sp³-hybridized carbons (Fsp3) is 0.294. The summed E-state index contributed by atoms with van der Waals surface area (Å²) in [6.45, 7) is 3.26. The number of rotatable bonds is 3. The summed E-state index contributed by atoms with van der Waals surface area (Å²) in [5, 5.41) is 0. The number of thioether (sulfide) groups is 1. The highest BCUT2D eigenvalue weighted by Gasteiger charge is 2.24. The van der Waals surface area contributed by atoms with Crippen LogP contribution < -0.4 is 5.73 Å². The highest BCUT2D eigenvalue weighted by molar-refractivity contribution is 7.98. The molecule has 4 heteroatoms. The molecule has 0 saturated heterocycles. The van der Waals surface area contributed by atoms with Crippen LogP contribution in [-0.4, -0.2) is 13.2 Å². The molecule has 0 saturated carbocycles. The molecule has 2 aromatic rings. The molecule has 1 atom stereocenters. The topological polar surface area (TPSA) is 35.2 Å². The van der Waals surface area contributed by atoms with Crippen molar-refractivity contribution in [2.75, 3.05) is 13.2 Å². The fourth-order valence-electron chi connectivity index (χ4n) is 2.61. The standard InChI is InChI=1S/C17H19NOS.ClH/c1-12-6-7-16-15(10-12)17(19-9-8-18)14-5-3-2-4-13(14)11-20-16;/h2-7,10,17H,8-9,11,18H2,1H3;1H. The van der Waals surface area contributed by atoms with Crippen LogP contribution in [0.2, 0.25) is 0 Å². The Hall–Kier alpha value is -1.000. The van der Waals surface area contributed by atoms with Gasteiger partial charge in [0.25, 0.3) is 0 Å². The Morgan fingerprint density at radius 3 is 2.81 bits per heavy atom. The van der Waals surface area contributed by atoms with Gasteiger partial charge in [-0.15, -0.1) is 24.2 Å². The van der Waals surface area contributed by atoms with E-state index in [-0.39, 0.29) is 18.5 Å². The number of fused-ring (bicyclic) bond motifs is 2. The van der Waals surface area contributed by atoms with Crippen LogP contribution in [0.5, 0.6) is 0 Å². The lowest BCUT2D eigenvalue weighted by molar-refractivity contribution is 0.0845. The summed E-state index contributed by atoms with van der Waals surface area (Å²) in [5.41, 5.74) is 10.8. The first-order valence-corrected chi connectivity index (χ1v) is 7.91. The van der Waals surface area contributed by atoms with Gasteiger partial charge in [-0.05, 0) is 29.7 Å². The van der Waals surface area contributed by atoms with Crippen LogP contribution in [0.4, 0.5) is 0 Å². The molecule has 2 aromatic carbocycles. The molecule has 0 bridgehead atoms. The third-order valence-corrected chi connectivity index (χ3v) is 4.71. The minimum Gasteiger partial charge on any atom is -0.367 e. The zero-order valence-electron chi connectivity index (χ0n) is 12.0. The number of aryl methyl sites for hydroxylation is 1. The van der Waals surface area contributed by atoms with E-state index >= 15 is 0 Å². The van der Waals surface area contributed by atoms with Crippen molar-refractivity contribution in [2.45, 2.75) is 23.7 Å². The van der Waals surface area contributed by atoms with Gasteiger partial charge in [0.05, 0.1) is 6.61 Å². The van der Waals surface area contributed by atoms with Crippen LogP contribution in [0.3, 0.4) is 0 Å². The van der Waals surface area contributed by atoms with Crippen molar-refractivity contribution in [1.82, 2.24) is 0 Å². The predicted octanol–water partition coefficient (Wildman–Crippen LogP) is 4.09. The van der Waals surface area contributed by atoms with Gasteiger partial charge in [0.15, 0.2) is 0 Å². The van der Waals surface area contributed by atoms with Crippen LogP contribution in [0.1, 0.15) is 28.4 Å². The summed E-state index contributed by atoms with van der Waals surface area (Å²) in [7, 11) is 0. The normalized spacial score (nSPS) is 16.4. The van der Waals surface area contributed by atoms with Crippen LogP contribution in [0, 0.1) is 6.92 Å². The zero-order valence-corrected chi connectivity index (χ0v) is 13.7. The smallest absolute Gasteiger partial charge is 0.109 e. The van der Waals surface area contributed by atoms with Crippen LogP contribution in [-0.2, 0) is 10.5 Å². The maximum absolute atomic E-state index is 6.08. The number of nitrogens with two attached hydrogens (primary N) is 1. The van der Waals surface area contributed by atoms with Gasteiger partial charge >= 0.3 is 0 Å². The average molecular weight is 322 g/mol. The summed E-state index contributed by atoms with van der Waals surface area (Å²) < 4.78 is 6.08. The maximum Gasteiger partial charge on any atom is 0.109 e. The minimum atomic E-state index is -0.000324. The van der Waals surface area contributed by atoms with E-state index in [1.165, 1.54) is 27.1 Å². The molecule has 0 spiro atoms. The molecular formula is C17H20ClNOS. The van der Waals surface area contributed by atoms with Gasteiger partial charge in [-0.3, -0.25) is 0 Å². The second-order valence-electron chi connectivity index (χ2n) is 5.07. The molecule has 1 unspecified atom stereocenters. The van der Waals surface area contributed by atoms with Gasteiger partial charge < -0.3 is 10.5 Å². The second-order valence-corrected chi connectivity index (χ2v) is 6.09. The minimum absolute atomic E-state index is 0. The Kier molecular flexibility index (Phi) is 5.71. The Morgan fingerprint density at radius 2 is 2.00 bits per heavy atom. The molecule has 1 heterocycles. The highest BCUT2D eigenvalue weighted by Crippen LogP contribution is 2.41. The first-order valence-electron chi connectivity index (χ1n) is 6.92. The van der Waals surface area contributed by atoms with E-state index in [9.17, 15) is 0 Å². The third-order valence-electron chi connectivity index (χ3n) is 3.57. The Bertz CT molecular complexity index is 617. The largest absolute Gasteiger partial charge is 0.367 e. The van der Waals surface area contributed by atoms with Gasteiger partial charge in [-0.1, -0.05) is 42.0 Å². The molecule has 0 aliphatic carbocycles. The molecule has 0 aromatic heterocycles. The van der Waals surface area contributed by atoms with E-state index in [4.69, 9.17) is 10.5 Å². The van der Waals surface area contributed by atoms with Gasteiger partial charge in [-0.2, -0.15) is 0 Å². The van der Waals surface area contributed by atoms with E-state index < -0.39 is 0 Å². The lowest BCUT2D eigenvalue weighted by Crippen LogP contribution is -2.14. The Morgan fingerprint density at radius 1 is 1.19 bits per heavy atom. The van der Waals surface area contributed by atoms with E-state index in [2.05, 4.69) is 49.4 Å². The monoisotopic (exact) mass is 321 g/mol. The number of hydrogen-bond acceptors (Lipinski definition) is 3. The van der Waals surface area contributed by atoms with E-state index in [0.717, 1.165) is 5.75 Å². The van der Waals surface area contributed by atoms with Crippen molar-refractivity contribution in [3.8, 4) is 0 Å². The Labute approximate surface area is 136 Å². The molecule has 1 aliphatic rings. The second kappa shape index (κ2) is 7.32. The zero-order chi connectivity index (χ0) is 13.9. The van der Waals surface area contributed by atoms with Crippen molar-refractivity contribution < 1.29 is 4.74 Å². The molecule has 2 nitrogen and oxygen atoms in total. The third kappa shape index (κ3) is 3.43. The van der Waals surface area contributed by atoms with Crippen molar-refractivity contribution >= 4 is 24.2 Å². The summed E-state index contributed by atoms with van der Waals surface area (Å²) in [5.74, 6) is 0.995. The molecule has 1 aliphatic heterocycles. The van der Waals surface area contributed by atoms with Crippen LogP contribution in [0.25, 0.3) is 0 Å². The van der Waals surface area contributed by atoms with Crippen LogP contribution in [0.15, 0.2) is 47.4 Å². The summed E-state index contributed by atoms with van der Waals surface area (Å²) in [6, 6.07) is 15.2. The number of benzene rings is 2. The molecule has 3 rings (SSSR count). The lowest BCUT2D eigenvalue weighted by atomic mass is 9.96. The SMILES string of the molecule is Cc1ccc2c(c1)C(OCCN)c1ccccc1CS2.Cl. The number of hydrogen-bond donors (Lipinski definition) is 1. The molecule has 0 fully saturated rings. The first kappa shape index (κ1) is 16.4. The predicted molar refractivity (Wildman–Crippen MR) is 91.3 cm³/mol. The van der Waals surface area contributed by atoms with Gasteiger partial charge in [-0.25, -0.2) is 0 Å². The quantitative estimate of drug-likeness (QED) is 0.925. The maximum atomic E-state index is 6.08. The van der Waals surface area contributed by atoms with Gasteiger partial charge in [0.1, 0.15) is 6.10 Å². The van der Waals surface area contributed by atoms with Crippen molar-refractivity contribution in [2.24, 2.45) is 5.73 Å². The Balaban J connectivity index is 0.00000161. The summed E-state index contributed by atoms with van der Waals surface area (Å²) >= 11 is 1.89. The molecule has 0 radical (unpaired) electrons. The molecular weight excluding hydrogens is 302 g/mol. The number of ether oxygens (including phenoxy) is 1. The molecule has 0 amide bonds.